The Balaban J connectivity index is 0.00000180. The van der Waals surface area contributed by atoms with Crippen LogP contribution in [0.5, 0.6) is 0 Å². The SMILES string of the molecule is O=C(OOC(=O)c1ccccc1)c1ccccc1.[NaH]. The first kappa shape index (κ1) is 15.4. The molecule has 0 aliphatic carbocycles. The average Bonchev–Trinajstić information content (AvgIpc) is 2.46. The van der Waals surface area contributed by atoms with Gasteiger partial charge in [0.25, 0.3) is 0 Å². The van der Waals surface area contributed by atoms with E-state index in [1.165, 1.54) is 0 Å². The van der Waals surface area contributed by atoms with Crippen LogP contribution >= 0.6 is 0 Å². The minimum absolute atomic E-state index is 0. The van der Waals surface area contributed by atoms with Gasteiger partial charge in [0.05, 0.1) is 11.1 Å². The third kappa shape index (κ3) is 4.52. The van der Waals surface area contributed by atoms with Gasteiger partial charge >= 0.3 is 41.5 Å². The molecule has 0 aliphatic rings. The standard InChI is InChI=1S/C14H10O4.Na.H/c15-13(11-7-3-1-4-8-11)17-18-14(16)12-9-5-2-6-10-12;;/h1-10H;;. The zero-order valence-corrected chi connectivity index (χ0v) is 9.41. The van der Waals surface area contributed by atoms with E-state index in [1.807, 2.05) is 0 Å². The van der Waals surface area contributed by atoms with E-state index in [0.29, 0.717) is 11.1 Å². The van der Waals surface area contributed by atoms with E-state index in [2.05, 4.69) is 9.78 Å². The quantitative estimate of drug-likeness (QED) is 0.473. The van der Waals surface area contributed by atoms with E-state index in [4.69, 9.17) is 0 Å². The molecule has 2 rings (SSSR count). The number of benzene rings is 2. The third-order valence-corrected chi connectivity index (χ3v) is 2.21. The number of carbonyl (C=O) groups is 2. The zero-order chi connectivity index (χ0) is 12.8. The van der Waals surface area contributed by atoms with Crippen LogP contribution in [0.4, 0.5) is 0 Å². The van der Waals surface area contributed by atoms with Crippen LogP contribution in [-0.2, 0) is 9.78 Å². The Kier molecular flexibility index (Phi) is 6.29. The second kappa shape index (κ2) is 7.74. The van der Waals surface area contributed by atoms with E-state index in [9.17, 15) is 9.59 Å². The summed E-state index contributed by atoms with van der Waals surface area (Å²) in [6.45, 7) is 0. The molecule has 0 saturated heterocycles. The summed E-state index contributed by atoms with van der Waals surface area (Å²) in [5, 5.41) is 0. The molecule has 19 heavy (non-hydrogen) atoms. The van der Waals surface area contributed by atoms with Crippen molar-refractivity contribution in [2.75, 3.05) is 0 Å². The Morgan fingerprint density at radius 3 is 1.26 bits per heavy atom. The second-order valence-electron chi connectivity index (χ2n) is 3.47. The molecule has 0 heterocycles. The van der Waals surface area contributed by atoms with Crippen LogP contribution < -0.4 is 0 Å². The van der Waals surface area contributed by atoms with Gasteiger partial charge in [-0.2, -0.15) is 0 Å². The van der Waals surface area contributed by atoms with Gasteiger partial charge < -0.3 is 0 Å². The monoisotopic (exact) mass is 266 g/mol. The summed E-state index contributed by atoms with van der Waals surface area (Å²) in [4.78, 5) is 31.9. The van der Waals surface area contributed by atoms with Crippen LogP contribution in [0.3, 0.4) is 0 Å². The first-order chi connectivity index (χ1) is 8.77. The van der Waals surface area contributed by atoms with Gasteiger partial charge in [-0.1, -0.05) is 36.4 Å². The molecular weight excluding hydrogens is 255 g/mol. The maximum absolute atomic E-state index is 11.5. The molecule has 0 N–H and O–H groups in total. The van der Waals surface area contributed by atoms with Crippen LogP contribution in [0.1, 0.15) is 20.7 Å². The van der Waals surface area contributed by atoms with Crippen molar-refractivity contribution < 1.29 is 19.4 Å². The number of carbonyl (C=O) groups excluding carboxylic acids is 2. The molecular formula is C14H11NaO4. The average molecular weight is 266 g/mol. The third-order valence-electron chi connectivity index (χ3n) is 2.21. The van der Waals surface area contributed by atoms with Crippen molar-refractivity contribution in [3.63, 3.8) is 0 Å². The van der Waals surface area contributed by atoms with Crippen molar-refractivity contribution in [3.8, 4) is 0 Å². The molecule has 2 aromatic rings. The van der Waals surface area contributed by atoms with E-state index < -0.39 is 11.9 Å². The first-order valence-corrected chi connectivity index (χ1v) is 5.30. The Hall–Kier alpha value is -1.62. The molecule has 0 bridgehead atoms. The maximum atomic E-state index is 11.5. The topological polar surface area (TPSA) is 52.6 Å². The molecule has 4 nitrogen and oxygen atoms in total. The van der Waals surface area contributed by atoms with Crippen molar-refractivity contribution in [2.24, 2.45) is 0 Å². The van der Waals surface area contributed by atoms with Crippen molar-refractivity contribution in [2.45, 2.75) is 0 Å². The minimum atomic E-state index is -0.708. The molecule has 0 atom stereocenters. The van der Waals surface area contributed by atoms with Crippen molar-refractivity contribution in [1.29, 1.82) is 0 Å². The fourth-order valence-corrected chi connectivity index (χ4v) is 1.32. The van der Waals surface area contributed by atoms with Crippen LogP contribution in [0.15, 0.2) is 60.7 Å². The summed E-state index contributed by atoms with van der Waals surface area (Å²) in [7, 11) is 0. The van der Waals surface area contributed by atoms with Gasteiger partial charge in [-0.3, -0.25) is 0 Å². The fraction of sp³-hybridized carbons (Fsp3) is 0. The Morgan fingerprint density at radius 2 is 0.947 bits per heavy atom. The number of rotatable bonds is 2. The van der Waals surface area contributed by atoms with Gasteiger partial charge in [0.2, 0.25) is 0 Å². The molecule has 2 aromatic carbocycles. The number of hydrogen-bond donors (Lipinski definition) is 0. The van der Waals surface area contributed by atoms with Crippen LogP contribution in [-0.4, -0.2) is 41.5 Å². The summed E-state index contributed by atoms with van der Waals surface area (Å²) in [5.74, 6) is -1.42. The Morgan fingerprint density at radius 1 is 0.632 bits per heavy atom. The van der Waals surface area contributed by atoms with Gasteiger partial charge in [0.15, 0.2) is 0 Å². The summed E-state index contributed by atoms with van der Waals surface area (Å²) in [6.07, 6.45) is 0. The summed E-state index contributed by atoms with van der Waals surface area (Å²) in [5.41, 5.74) is 0.636. The molecule has 0 radical (unpaired) electrons. The van der Waals surface area contributed by atoms with E-state index in [-0.39, 0.29) is 29.6 Å². The molecule has 92 valence electrons. The van der Waals surface area contributed by atoms with Crippen molar-refractivity contribution in [3.05, 3.63) is 71.8 Å². The van der Waals surface area contributed by atoms with E-state index >= 15 is 0 Å². The van der Waals surface area contributed by atoms with Crippen molar-refractivity contribution in [1.82, 2.24) is 0 Å². The summed E-state index contributed by atoms with van der Waals surface area (Å²) < 4.78 is 0. The van der Waals surface area contributed by atoms with Gasteiger partial charge in [-0.05, 0) is 24.3 Å². The van der Waals surface area contributed by atoms with Gasteiger partial charge in [0, 0.05) is 0 Å². The fourth-order valence-electron chi connectivity index (χ4n) is 1.32. The molecule has 0 saturated carbocycles. The Labute approximate surface area is 132 Å². The molecule has 0 fully saturated rings. The second-order valence-corrected chi connectivity index (χ2v) is 3.47. The summed E-state index contributed by atoms with van der Waals surface area (Å²) in [6, 6.07) is 16.6. The van der Waals surface area contributed by atoms with Gasteiger partial charge in [-0.25, -0.2) is 19.4 Å². The molecule has 0 amide bonds. The van der Waals surface area contributed by atoms with Crippen molar-refractivity contribution >= 4 is 41.5 Å². The summed E-state index contributed by atoms with van der Waals surface area (Å²) >= 11 is 0. The molecule has 0 unspecified atom stereocenters. The van der Waals surface area contributed by atoms with Crippen LogP contribution in [0.2, 0.25) is 0 Å². The van der Waals surface area contributed by atoms with Crippen LogP contribution in [0, 0.1) is 0 Å². The van der Waals surface area contributed by atoms with Crippen LogP contribution in [0.25, 0.3) is 0 Å². The molecule has 0 aromatic heterocycles. The van der Waals surface area contributed by atoms with E-state index in [0.717, 1.165) is 0 Å². The van der Waals surface area contributed by atoms with Gasteiger partial charge in [0.1, 0.15) is 0 Å². The molecule has 0 aliphatic heterocycles. The predicted molar refractivity (Wildman–Crippen MR) is 70.9 cm³/mol. The first-order valence-electron chi connectivity index (χ1n) is 5.30. The Bertz CT molecular complexity index is 488. The predicted octanol–water partition coefficient (Wildman–Crippen LogP) is 1.97. The van der Waals surface area contributed by atoms with Gasteiger partial charge in [-0.15, -0.1) is 0 Å². The zero-order valence-electron chi connectivity index (χ0n) is 9.41. The number of hydrogen-bond acceptors (Lipinski definition) is 4. The molecule has 5 heteroatoms. The molecule has 0 spiro atoms. The normalized spacial score (nSPS) is 9.05. The van der Waals surface area contributed by atoms with E-state index in [1.54, 1.807) is 60.7 Å².